The van der Waals surface area contributed by atoms with Gasteiger partial charge in [0.2, 0.25) is 0 Å². The molecule has 0 saturated carbocycles. The monoisotopic (exact) mass is 326 g/mol. The van der Waals surface area contributed by atoms with E-state index in [0.717, 1.165) is 19.5 Å². The molecule has 108 valence electrons. The highest BCUT2D eigenvalue weighted by atomic mass is 79.9. The number of nitrogens with zero attached hydrogens (tertiary/aromatic N) is 1. The van der Waals surface area contributed by atoms with Crippen molar-refractivity contribution in [1.82, 2.24) is 5.32 Å². The van der Waals surface area contributed by atoms with E-state index in [2.05, 4.69) is 79.0 Å². The maximum Gasteiger partial charge on any atom is 0.0379 e. The molecule has 1 unspecified atom stereocenters. The molecule has 0 spiro atoms. The van der Waals surface area contributed by atoms with E-state index in [1.807, 2.05) is 0 Å². The van der Waals surface area contributed by atoms with Crippen LogP contribution in [-0.2, 0) is 0 Å². The molecule has 1 rings (SSSR count). The van der Waals surface area contributed by atoms with Crippen molar-refractivity contribution in [2.75, 3.05) is 18.0 Å². The Kier molecular flexibility index (Phi) is 6.87. The van der Waals surface area contributed by atoms with Crippen molar-refractivity contribution in [3.8, 4) is 0 Å². The zero-order chi connectivity index (χ0) is 14.4. The molecule has 0 amide bonds. The van der Waals surface area contributed by atoms with E-state index >= 15 is 0 Å². The first-order valence-electron chi connectivity index (χ1n) is 7.30. The molecule has 3 heteroatoms. The van der Waals surface area contributed by atoms with Crippen molar-refractivity contribution in [2.45, 2.75) is 53.1 Å². The Morgan fingerprint density at radius 1 is 1.21 bits per heavy atom. The fourth-order valence-electron chi connectivity index (χ4n) is 2.36. The molecule has 0 aliphatic rings. The lowest BCUT2D eigenvalue weighted by atomic mass is 10.1. The van der Waals surface area contributed by atoms with Gasteiger partial charge in [-0.1, -0.05) is 28.9 Å². The average molecular weight is 327 g/mol. The summed E-state index contributed by atoms with van der Waals surface area (Å²) in [7, 11) is 0. The third-order valence-corrected chi connectivity index (χ3v) is 4.13. The quantitative estimate of drug-likeness (QED) is 0.778. The van der Waals surface area contributed by atoms with Crippen molar-refractivity contribution < 1.29 is 0 Å². The summed E-state index contributed by atoms with van der Waals surface area (Å²) in [5.74, 6) is 0. The van der Waals surface area contributed by atoms with Crippen LogP contribution in [0.3, 0.4) is 0 Å². The zero-order valence-corrected chi connectivity index (χ0v) is 14.4. The van der Waals surface area contributed by atoms with Gasteiger partial charge in [-0.15, -0.1) is 0 Å². The molecule has 1 aromatic rings. The standard InChI is InChI=1S/C16H27BrN2/c1-6-10-18-13(5)15-9-8-14(11-16(15)17)19(7-2)12(3)4/h8-9,11-13,18H,6-7,10H2,1-5H3. The first-order chi connectivity index (χ1) is 9.01. The van der Waals surface area contributed by atoms with Gasteiger partial charge in [0.05, 0.1) is 0 Å². The van der Waals surface area contributed by atoms with E-state index in [4.69, 9.17) is 0 Å². The summed E-state index contributed by atoms with van der Waals surface area (Å²) >= 11 is 3.72. The largest absolute Gasteiger partial charge is 0.369 e. The smallest absolute Gasteiger partial charge is 0.0379 e. The maximum absolute atomic E-state index is 3.72. The van der Waals surface area contributed by atoms with Crippen LogP contribution in [0.25, 0.3) is 0 Å². The van der Waals surface area contributed by atoms with Crippen molar-refractivity contribution >= 4 is 21.6 Å². The first-order valence-corrected chi connectivity index (χ1v) is 8.10. The summed E-state index contributed by atoms with van der Waals surface area (Å²) in [6.07, 6.45) is 1.16. The molecule has 0 fully saturated rings. The molecule has 0 heterocycles. The lowest BCUT2D eigenvalue weighted by Gasteiger charge is -2.28. The molecule has 19 heavy (non-hydrogen) atoms. The Labute approximate surface area is 126 Å². The molecular formula is C16H27BrN2. The van der Waals surface area contributed by atoms with E-state index in [-0.39, 0.29) is 0 Å². The predicted molar refractivity (Wildman–Crippen MR) is 89.0 cm³/mol. The molecule has 1 N–H and O–H groups in total. The van der Waals surface area contributed by atoms with E-state index in [9.17, 15) is 0 Å². The summed E-state index contributed by atoms with van der Waals surface area (Å²) in [6, 6.07) is 7.62. The van der Waals surface area contributed by atoms with Gasteiger partial charge in [-0.2, -0.15) is 0 Å². The lowest BCUT2D eigenvalue weighted by molar-refractivity contribution is 0.569. The molecule has 0 saturated heterocycles. The predicted octanol–water partition coefficient (Wildman–Crippen LogP) is 4.74. The van der Waals surface area contributed by atoms with E-state index in [1.165, 1.54) is 15.7 Å². The van der Waals surface area contributed by atoms with Crippen LogP contribution in [0.1, 0.15) is 52.6 Å². The Morgan fingerprint density at radius 3 is 2.37 bits per heavy atom. The average Bonchev–Trinajstić information content (AvgIpc) is 2.36. The summed E-state index contributed by atoms with van der Waals surface area (Å²) in [6.45, 7) is 13.2. The number of rotatable bonds is 7. The Morgan fingerprint density at radius 2 is 1.89 bits per heavy atom. The molecule has 0 aliphatic carbocycles. The van der Waals surface area contributed by atoms with Crippen LogP contribution in [0.5, 0.6) is 0 Å². The van der Waals surface area contributed by atoms with Gasteiger partial charge in [-0.3, -0.25) is 0 Å². The van der Waals surface area contributed by atoms with Crippen LogP contribution in [0.2, 0.25) is 0 Å². The minimum atomic E-state index is 0.387. The van der Waals surface area contributed by atoms with Crippen LogP contribution >= 0.6 is 15.9 Å². The van der Waals surface area contributed by atoms with Gasteiger partial charge in [-0.05, 0) is 58.4 Å². The van der Waals surface area contributed by atoms with Gasteiger partial charge in [0.25, 0.3) is 0 Å². The normalized spacial score (nSPS) is 12.8. The van der Waals surface area contributed by atoms with Crippen molar-refractivity contribution in [2.24, 2.45) is 0 Å². The number of anilines is 1. The van der Waals surface area contributed by atoms with Crippen LogP contribution in [-0.4, -0.2) is 19.1 Å². The van der Waals surface area contributed by atoms with Crippen LogP contribution in [0, 0.1) is 0 Å². The molecule has 1 aromatic carbocycles. The number of hydrogen-bond acceptors (Lipinski definition) is 2. The Bertz CT molecular complexity index is 390. The molecular weight excluding hydrogens is 300 g/mol. The molecule has 0 aromatic heterocycles. The fourth-order valence-corrected chi connectivity index (χ4v) is 3.07. The van der Waals surface area contributed by atoms with Crippen LogP contribution < -0.4 is 10.2 Å². The lowest BCUT2D eigenvalue weighted by Crippen LogP contribution is -2.30. The molecule has 0 aliphatic heterocycles. The highest BCUT2D eigenvalue weighted by molar-refractivity contribution is 9.10. The molecule has 0 bridgehead atoms. The second kappa shape index (κ2) is 7.91. The number of nitrogens with one attached hydrogen (secondary N) is 1. The van der Waals surface area contributed by atoms with Gasteiger partial charge in [0.15, 0.2) is 0 Å². The summed E-state index contributed by atoms with van der Waals surface area (Å²) in [5.41, 5.74) is 2.62. The van der Waals surface area contributed by atoms with Gasteiger partial charge < -0.3 is 10.2 Å². The molecule has 1 atom stereocenters. The van der Waals surface area contributed by atoms with Gasteiger partial charge in [0, 0.05) is 28.8 Å². The fraction of sp³-hybridized carbons (Fsp3) is 0.625. The summed E-state index contributed by atoms with van der Waals surface area (Å²) < 4.78 is 1.19. The van der Waals surface area contributed by atoms with Crippen molar-refractivity contribution in [3.63, 3.8) is 0 Å². The van der Waals surface area contributed by atoms with Crippen molar-refractivity contribution in [1.29, 1.82) is 0 Å². The minimum Gasteiger partial charge on any atom is -0.369 e. The Hall–Kier alpha value is -0.540. The highest BCUT2D eigenvalue weighted by Crippen LogP contribution is 2.29. The second-order valence-electron chi connectivity index (χ2n) is 5.26. The summed E-state index contributed by atoms with van der Waals surface area (Å²) in [4.78, 5) is 2.40. The number of halogens is 1. The molecule has 2 nitrogen and oxygen atoms in total. The van der Waals surface area contributed by atoms with Gasteiger partial charge in [-0.25, -0.2) is 0 Å². The third-order valence-electron chi connectivity index (χ3n) is 3.45. The van der Waals surface area contributed by atoms with Crippen LogP contribution in [0.4, 0.5) is 5.69 Å². The van der Waals surface area contributed by atoms with Crippen LogP contribution in [0.15, 0.2) is 22.7 Å². The third kappa shape index (κ3) is 4.50. The second-order valence-corrected chi connectivity index (χ2v) is 6.12. The topological polar surface area (TPSA) is 15.3 Å². The number of benzene rings is 1. The molecule has 0 radical (unpaired) electrons. The van der Waals surface area contributed by atoms with E-state index in [0.29, 0.717) is 12.1 Å². The maximum atomic E-state index is 3.72. The Balaban J connectivity index is 2.90. The van der Waals surface area contributed by atoms with Crippen molar-refractivity contribution in [3.05, 3.63) is 28.2 Å². The zero-order valence-electron chi connectivity index (χ0n) is 12.8. The number of hydrogen-bond donors (Lipinski definition) is 1. The minimum absolute atomic E-state index is 0.387. The van der Waals surface area contributed by atoms with E-state index in [1.54, 1.807) is 0 Å². The van der Waals surface area contributed by atoms with Gasteiger partial charge >= 0.3 is 0 Å². The van der Waals surface area contributed by atoms with Gasteiger partial charge in [0.1, 0.15) is 0 Å². The van der Waals surface area contributed by atoms with E-state index < -0.39 is 0 Å². The first kappa shape index (κ1) is 16.5. The highest BCUT2D eigenvalue weighted by Gasteiger charge is 2.13. The SMILES string of the molecule is CCCNC(C)c1ccc(N(CC)C(C)C)cc1Br. The summed E-state index contributed by atoms with van der Waals surface area (Å²) in [5, 5.41) is 3.53.